The number of carbonyl (C=O) groups excluding carboxylic acids is 1. The van der Waals surface area contributed by atoms with Crippen LogP contribution in [0.5, 0.6) is 11.5 Å². The van der Waals surface area contributed by atoms with Crippen molar-refractivity contribution in [2.24, 2.45) is 0 Å². The summed E-state index contributed by atoms with van der Waals surface area (Å²) in [6, 6.07) is 1.46. The summed E-state index contributed by atoms with van der Waals surface area (Å²) in [4.78, 5) is 24.5. The van der Waals surface area contributed by atoms with Gasteiger partial charge in [-0.3, -0.25) is 4.79 Å². The number of ketones is 1. The zero-order valence-corrected chi connectivity index (χ0v) is 11.8. The Bertz CT molecular complexity index is 1070. The van der Waals surface area contributed by atoms with Crippen LogP contribution in [-0.2, 0) is 11.2 Å². The fourth-order valence-corrected chi connectivity index (χ4v) is 3.64. The van der Waals surface area contributed by atoms with Crippen molar-refractivity contribution in [2.75, 3.05) is 7.04 Å². The van der Waals surface area contributed by atoms with E-state index in [1.807, 2.05) is 0 Å². The van der Waals surface area contributed by atoms with Crippen molar-refractivity contribution in [1.29, 1.82) is 0 Å². The van der Waals surface area contributed by atoms with E-state index in [4.69, 9.17) is 22.7 Å². The van der Waals surface area contributed by atoms with Gasteiger partial charge in [0.05, 0.1) is 34.3 Å². The minimum absolute atomic E-state index is 0.00240. The molecule has 6 heteroatoms. The highest BCUT2D eigenvalue weighted by Gasteiger charge is 2.41. The van der Waals surface area contributed by atoms with Crippen molar-refractivity contribution < 1.29 is 27.5 Å². The molecule has 3 aliphatic rings. The van der Waals surface area contributed by atoms with Gasteiger partial charge in [0.25, 0.3) is 6.29 Å². The Morgan fingerprint density at radius 3 is 3.13 bits per heavy atom. The van der Waals surface area contributed by atoms with Crippen LogP contribution < -0.4 is 15.1 Å². The highest BCUT2D eigenvalue weighted by Crippen LogP contribution is 2.50. The van der Waals surface area contributed by atoms with Gasteiger partial charge in [0, 0.05) is 12.5 Å². The number of rotatable bonds is 1. The number of ether oxygens (including phenoxy) is 3. The van der Waals surface area contributed by atoms with Crippen LogP contribution in [0.4, 0.5) is 0 Å². The van der Waals surface area contributed by atoms with Gasteiger partial charge >= 0.3 is 5.63 Å². The summed E-state index contributed by atoms with van der Waals surface area (Å²) in [5, 5.41) is 0.338. The minimum atomic E-state index is -2.71. The summed E-state index contributed by atoms with van der Waals surface area (Å²) in [7, 11) is -2.71. The highest BCUT2D eigenvalue weighted by molar-refractivity contribution is 6.06. The summed E-state index contributed by atoms with van der Waals surface area (Å²) in [6.45, 7) is 0. The van der Waals surface area contributed by atoms with Crippen molar-refractivity contribution in [3.63, 3.8) is 0 Å². The number of hydrogen-bond donors (Lipinski definition) is 0. The van der Waals surface area contributed by atoms with Crippen LogP contribution in [-0.4, -0.2) is 19.1 Å². The van der Waals surface area contributed by atoms with E-state index < -0.39 is 19.0 Å². The lowest BCUT2D eigenvalue weighted by molar-refractivity contribution is -0.00485. The maximum absolute atomic E-state index is 12.4. The zero-order valence-electron chi connectivity index (χ0n) is 14.8. The number of benzene rings is 1. The quantitative estimate of drug-likeness (QED) is 0.752. The third-order valence-electron chi connectivity index (χ3n) is 4.61. The van der Waals surface area contributed by atoms with Crippen LogP contribution in [0.2, 0.25) is 0 Å². The van der Waals surface area contributed by atoms with Gasteiger partial charge in [-0.1, -0.05) is 0 Å². The summed E-state index contributed by atoms with van der Waals surface area (Å²) >= 11 is 0. The van der Waals surface area contributed by atoms with Crippen molar-refractivity contribution in [1.82, 2.24) is 0 Å². The average Bonchev–Trinajstić information content (AvgIpc) is 3.19. The van der Waals surface area contributed by atoms with E-state index in [9.17, 15) is 9.59 Å². The lowest BCUT2D eigenvalue weighted by atomic mass is 9.95. The average molecular weight is 315 g/mol. The summed E-state index contributed by atoms with van der Waals surface area (Å²) in [5.41, 5.74) is 0.490. The Morgan fingerprint density at radius 2 is 2.26 bits per heavy atom. The first-order valence-corrected chi connectivity index (χ1v) is 7.21. The molecule has 116 valence electrons. The molecule has 0 spiro atoms. The first kappa shape index (κ1) is 10.1. The predicted octanol–water partition coefficient (Wildman–Crippen LogP) is 2.28. The van der Waals surface area contributed by atoms with E-state index in [-0.39, 0.29) is 35.0 Å². The number of fused-ring (bicyclic) bond motifs is 7. The smallest absolute Gasteiger partial charge is 0.347 e. The summed E-state index contributed by atoms with van der Waals surface area (Å²) in [6.07, 6.45) is 3.18. The number of carbonyl (C=O) groups is 1. The van der Waals surface area contributed by atoms with E-state index in [2.05, 4.69) is 0 Å². The second kappa shape index (κ2) is 4.16. The largest absolute Gasteiger partial charge is 0.496 e. The Balaban J connectivity index is 1.88. The van der Waals surface area contributed by atoms with Gasteiger partial charge in [-0.05, 0) is 18.1 Å². The molecule has 2 atom stereocenters. The van der Waals surface area contributed by atoms with Crippen LogP contribution in [0.3, 0.4) is 0 Å². The standard InChI is InChI=1S/C17H12O6/c1-20-10-6-11-14(8-4-5-21-17(8)22-11)15-13(10)7-2-3-9(18)12(7)16(19)23-15/h4-6,8,17H,2-3H2,1H3/t8-,17+/m1/s1/i1D3. The van der Waals surface area contributed by atoms with Gasteiger partial charge in [-0.25, -0.2) is 4.79 Å². The minimum Gasteiger partial charge on any atom is -0.496 e. The fourth-order valence-electron chi connectivity index (χ4n) is 3.64. The first-order chi connectivity index (χ1) is 12.3. The molecule has 1 aliphatic carbocycles. The molecule has 0 radical (unpaired) electrons. The molecule has 5 rings (SSSR count). The Morgan fingerprint density at radius 1 is 1.35 bits per heavy atom. The van der Waals surface area contributed by atoms with Crippen LogP contribution in [0, 0.1) is 0 Å². The summed E-state index contributed by atoms with van der Waals surface area (Å²) in [5.74, 6) is -0.261. The SMILES string of the molecule is [2H]C([2H])([2H])Oc1cc2c(c3oc(=O)c4c(c13)CCC4=O)[C@H]1C=CO[C@H]1O2. The molecule has 23 heavy (non-hydrogen) atoms. The molecule has 2 aliphatic heterocycles. The van der Waals surface area contributed by atoms with E-state index in [1.165, 1.54) is 12.3 Å². The second-order valence-corrected chi connectivity index (χ2v) is 5.74. The number of hydrogen-bond acceptors (Lipinski definition) is 6. The Hall–Kier alpha value is -2.76. The molecule has 1 aromatic carbocycles. The maximum Gasteiger partial charge on any atom is 0.347 e. The second-order valence-electron chi connectivity index (χ2n) is 5.74. The Kier molecular flexibility index (Phi) is 1.83. The zero-order chi connectivity index (χ0) is 18.2. The molecule has 3 heterocycles. The van der Waals surface area contributed by atoms with Crippen LogP contribution >= 0.6 is 0 Å². The van der Waals surface area contributed by atoms with Crippen molar-refractivity contribution in [3.8, 4) is 11.5 Å². The molecule has 0 unspecified atom stereocenters. The monoisotopic (exact) mass is 315 g/mol. The van der Waals surface area contributed by atoms with Crippen molar-refractivity contribution in [2.45, 2.75) is 25.0 Å². The Labute approximate surface area is 134 Å². The van der Waals surface area contributed by atoms with Gasteiger partial charge in [-0.2, -0.15) is 0 Å². The van der Waals surface area contributed by atoms with Gasteiger partial charge in [-0.15, -0.1) is 0 Å². The lowest BCUT2D eigenvalue weighted by Crippen LogP contribution is -2.14. The first-order valence-electron chi connectivity index (χ1n) is 8.71. The molecule has 0 saturated carbocycles. The molecular weight excluding hydrogens is 300 g/mol. The predicted molar refractivity (Wildman–Crippen MR) is 79.1 cm³/mol. The molecule has 1 aromatic heterocycles. The van der Waals surface area contributed by atoms with Crippen LogP contribution in [0.25, 0.3) is 11.0 Å². The molecule has 2 aromatic rings. The molecule has 0 saturated heterocycles. The van der Waals surface area contributed by atoms with E-state index >= 15 is 0 Å². The highest BCUT2D eigenvalue weighted by atomic mass is 16.7. The van der Waals surface area contributed by atoms with E-state index in [1.54, 1.807) is 6.08 Å². The normalized spacial score (nSPS) is 25.9. The van der Waals surface area contributed by atoms with E-state index in [0.29, 0.717) is 28.7 Å². The third-order valence-corrected chi connectivity index (χ3v) is 4.61. The van der Waals surface area contributed by atoms with Crippen LogP contribution in [0.15, 0.2) is 27.6 Å². The molecule has 0 N–H and O–H groups in total. The van der Waals surface area contributed by atoms with Crippen molar-refractivity contribution >= 4 is 16.8 Å². The maximum atomic E-state index is 12.4. The molecular formula is C17H12O6. The molecule has 0 amide bonds. The number of methoxy groups -OCH3 is 1. The van der Waals surface area contributed by atoms with Gasteiger partial charge in [0.15, 0.2) is 5.78 Å². The molecule has 0 bridgehead atoms. The van der Waals surface area contributed by atoms with Gasteiger partial charge < -0.3 is 18.6 Å². The molecule has 0 fully saturated rings. The van der Waals surface area contributed by atoms with E-state index in [0.717, 1.165) is 0 Å². The molecule has 6 nitrogen and oxygen atoms in total. The third kappa shape index (κ3) is 1.48. The number of Topliss-reactive ketones (excluding diaryl/α,β-unsaturated/α-hetero) is 1. The van der Waals surface area contributed by atoms with Crippen LogP contribution in [0.1, 0.15) is 37.9 Å². The number of aryl methyl sites for hydroxylation is 1. The van der Waals surface area contributed by atoms with Gasteiger partial charge in [0.1, 0.15) is 22.6 Å². The summed E-state index contributed by atoms with van der Waals surface area (Å²) < 4.78 is 43.9. The fraction of sp³-hybridized carbons (Fsp3) is 0.294. The lowest BCUT2D eigenvalue weighted by Gasteiger charge is -2.12. The van der Waals surface area contributed by atoms with Gasteiger partial charge in [0.2, 0.25) is 0 Å². The van der Waals surface area contributed by atoms with Crippen molar-refractivity contribution in [3.05, 3.63) is 45.5 Å². The topological polar surface area (TPSA) is 75.0 Å².